The lowest BCUT2D eigenvalue weighted by Crippen LogP contribution is -2.06. The van der Waals surface area contributed by atoms with Crippen molar-refractivity contribution in [2.75, 3.05) is 5.32 Å². The van der Waals surface area contributed by atoms with Crippen LogP contribution in [0.1, 0.15) is 18.5 Å². The molecule has 0 amide bonds. The van der Waals surface area contributed by atoms with Crippen molar-refractivity contribution in [3.05, 3.63) is 66.7 Å². The predicted octanol–water partition coefficient (Wildman–Crippen LogP) is 3.15. The number of phenolic OH excluding ortho intramolecular Hbond substituents is 1. The number of hydrogen-bond acceptors (Lipinski definition) is 4. The van der Waals surface area contributed by atoms with E-state index in [1.807, 2.05) is 36.4 Å². The van der Waals surface area contributed by atoms with Crippen molar-refractivity contribution in [1.82, 2.24) is 14.8 Å². The van der Waals surface area contributed by atoms with Gasteiger partial charge < -0.3 is 10.4 Å². The van der Waals surface area contributed by atoms with Crippen molar-refractivity contribution in [3.63, 3.8) is 0 Å². The first-order chi connectivity index (χ1) is 10.2. The van der Waals surface area contributed by atoms with Gasteiger partial charge >= 0.3 is 0 Å². The number of phenols is 1. The standard InChI is InChI=1S/C16H16N4O/c1-12(13-2-8-16(21)9-3-13)19-14-4-6-15(7-5-14)20-11-17-10-18-20/h2-12,19,21H,1H3. The van der Waals surface area contributed by atoms with Crippen LogP contribution in [0.15, 0.2) is 61.2 Å². The third-order valence-corrected chi connectivity index (χ3v) is 3.33. The molecule has 0 bridgehead atoms. The topological polar surface area (TPSA) is 63.0 Å². The first-order valence-electron chi connectivity index (χ1n) is 6.73. The molecule has 1 unspecified atom stereocenters. The number of hydrogen-bond donors (Lipinski definition) is 2. The smallest absolute Gasteiger partial charge is 0.138 e. The molecule has 0 aliphatic carbocycles. The van der Waals surface area contributed by atoms with E-state index in [2.05, 4.69) is 22.3 Å². The number of rotatable bonds is 4. The molecule has 2 aromatic carbocycles. The van der Waals surface area contributed by atoms with Gasteiger partial charge in [0.1, 0.15) is 18.4 Å². The molecule has 21 heavy (non-hydrogen) atoms. The Morgan fingerprint density at radius 3 is 2.38 bits per heavy atom. The van der Waals surface area contributed by atoms with Crippen LogP contribution in [-0.4, -0.2) is 19.9 Å². The van der Waals surface area contributed by atoms with Gasteiger partial charge in [-0.15, -0.1) is 0 Å². The third-order valence-electron chi connectivity index (χ3n) is 3.33. The molecule has 2 N–H and O–H groups in total. The van der Waals surface area contributed by atoms with Crippen LogP contribution in [0.2, 0.25) is 0 Å². The number of anilines is 1. The van der Waals surface area contributed by atoms with Gasteiger partial charge in [0, 0.05) is 11.7 Å². The van der Waals surface area contributed by atoms with Gasteiger partial charge in [0.15, 0.2) is 0 Å². The average Bonchev–Trinajstić information content (AvgIpc) is 3.03. The maximum atomic E-state index is 9.32. The van der Waals surface area contributed by atoms with Crippen LogP contribution in [0.3, 0.4) is 0 Å². The molecule has 5 nitrogen and oxygen atoms in total. The van der Waals surface area contributed by atoms with Crippen molar-refractivity contribution < 1.29 is 5.11 Å². The summed E-state index contributed by atoms with van der Waals surface area (Å²) in [6.07, 6.45) is 3.18. The normalized spacial score (nSPS) is 12.0. The minimum absolute atomic E-state index is 0.155. The van der Waals surface area contributed by atoms with Crippen molar-refractivity contribution in [2.24, 2.45) is 0 Å². The minimum atomic E-state index is 0.155. The second-order valence-electron chi connectivity index (χ2n) is 4.84. The molecule has 3 rings (SSSR count). The molecule has 5 heteroatoms. The summed E-state index contributed by atoms with van der Waals surface area (Å²) in [5, 5.41) is 16.8. The molecule has 0 spiro atoms. The highest BCUT2D eigenvalue weighted by molar-refractivity contribution is 5.50. The summed E-state index contributed by atoms with van der Waals surface area (Å²) in [5.41, 5.74) is 3.11. The van der Waals surface area contributed by atoms with Crippen molar-refractivity contribution in [3.8, 4) is 11.4 Å². The average molecular weight is 280 g/mol. The monoisotopic (exact) mass is 280 g/mol. The fourth-order valence-corrected chi connectivity index (χ4v) is 2.15. The van der Waals surface area contributed by atoms with Gasteiger partial charge in [-0.25, -0.2) is 9.67 Å². The Balaban J connectivity index is 1.71. The highest BCUT2D eigenvalue weighted by Crippen LogP contribution is 2.21. The fraction of sp³-hybridized carbons (Fsp3) is 0.125. The molecular formula is C16H16N4O. The van der Waals surface area contributed by atoms with E-state index in [4.69, 9.17) is 0 Å². The zero-order valence-corrected chi connectivity index (χ0v) is 11.6. The number of nitrogens with zero attached hydrogens (tertiary/aromatic N) is 3. The van der Waals surface area contributed by atoms with E-state index in [0.717, 1.165) is 16.9 Å². The summed E-state index contributed by atoms with van der Waals surface area (Å²) in [6, 6.07) is 15.4. The van der Waals surface area contributed by atoms with Crippen LogP contribution in [0.4, 0.5) is 5.69 Å². The highest BCUT2D eigenvalue weighted by Gasteiger charge is 2.05. The molecule has 0 radical (unpaired) electrons. The van der Waals surface area contributed by atoms with E-state index < -0.39 is 0 Å². The summed E-state index contributed by atoms with van der Waals surface area (Å²) in [6.45, 7) is 2.08. The number of nitrogens with one attached hydrogen (secondary N) is 1. The Labute approximate surface area is 122 Å². The van der Waals surface area contributed by atoms with Gasteiger partial charge in [-0.3, -0.25) is 0 Å². The Hall–Kier alpha value is -2.82. The summed E-state index contributed by atoms with van der Waals surface area (Å²) in [5.74, 6) is 0.281. The minimum Gasteiger partial charge on any atom is -0.508 e. The molecule has 0 saturated carbocycles. The van der Waals surface area contributed by atoms with Gasteiger partial charge in [-0.1, -0.05) is 12.1 Å². The number of aromatic nitrogens is 3. The molecule has 1 aromatic heterocycles. The Morgan fingerprint density at radius 2 is 1.76 bits per heavy atom. The van der Waals surface area contributed by atoms with Gasteiger partial charge in [0.05, 0.1) is 5.69 Å². The summed E-state index contributed by atoms with van der Waals surface area (Å²) in [4.78, 5) is 3.93. The second kappa shape index (κ2) is 5.66. The maximum absolute atomic E-state index is 9.32. The molecular weight excluding hydrogens is 264 g/mol. The third kappa shape index (κ3) is 3.02. The molecule has 0 aliphatic heterocycles. The van der Waals surface area contributed by atoms with Crippen molar-refractivity contribution >= 4 is 5.69 Å². The van der Waals surface area contributed by atoms with Crippen molar-refractivity contribution in [1.29, 1.82) is 0 Å². The van der Waals surface area contributed by atoms with Crippen LogP contribution in [0.25, 0.3) is 5.69 Å². The number of benzene rings is 2. The Kier molecular flexibility index (Phi) is 3.55. The zero-order chi connectivity index (χ0) is 14.7. The maximum Gasteiger partial charge on any atom is 0.138 e. The molecule has 3 aromatic rings. The van der Waals surface area contributed by atoms with E-state index >= 15 is 0 Å². The lowest BCUT2D eigenvalue weighted by Gasteiger charge is -2.16. The molecule has 1 atom stereocenters. The largest absolute Gasteiger partial charge is 0.508 e. The van der Waals surface area contributed by atoms with E-state index in [1.165, 1.54) is 6.33 Å². The first kappa shape index (κ1) is 13.2. The molecule has 0 saturated heterocycles. The summed E-state index contributed by atoms with van der Waals surface area (Å²) < 4.78 is 1.72. The van der Waals surface area contributed by atoms with Crippen molar-refractivity contribution in [2.45, 2.75) is 13.0 Å². The van der Waals surface area contributed by atoms with E-state index in [0.29, 0.717) is 0 Å². The quantitative estimate of drug-likeness (QED) is 0.770. The summed E-state index contributed by atoms with van der Waals surface area (Å²) >= 11 is 0. The fourth-order valence-electron chi connectivity index (χ4n) is 2.15. The van der Waals surface area contributed by atoms with Crippen LogP contribution in [0, 0.1) is 0 Å². The molecule has 1 heterocycles. The molecule has 0 fully saturated rings. The lowest BCUT2D eigenvalue weighted by molar-refractivity contribution is 0.475. The van der Waals surface area contributed by atoms with Gasteiger partial charge in [0.2, 0.25) is 0 Å². The molecule has 0 aliphatic rings. The summed E-state index contributed by atoms with van der Waals surface area (Å²) in [7, 11) is 0. The first-order valence-corrected chi connectivity index (χ1v) is 6.73. The van der Waals surface area contributed by atoms with Gasteiger partial charge in [0.25, 0.3) is 0 Å². The Bertz CT molecular complexity index is 690. The SMILES string of the molecule is CC(Nc1ccc(-n2cncn2)cc1)c1ccc(O)cc1. The predicted molar refractivity (Wildman–Crippen MR) is 81.5 cm³/mol. The van der Waals surface area contributed by atoms with Crippen LogP contribution in [0.5, 0.6) is 5.75 Å². The van der Waals surface area contributed by atoms with Crippen LogP contribution >= 0.6 is 0 Å². The van der Waals surface area contributed by atoms with E-state index in [1.54, 1.807) is 23.1 Å². The Morgan fingerprint density at radius 1 is 1.05 bits per heavy atom. The molecule has 106 valence electrons. The van der Waals surface area contributed by atoms with E-state index in [-0.39, 0.29) is 11.8 Å². The van der Waals surface area contributed by atoms with Crippen LogP contribution in [-0.2, 0) is 0 Å². The van der Waals surface area contributed by atoms with Gasteiger partial charge in [-0.05, 0) is 48.9 Å². The van der Waals surface area contributed by atoms with Crippen LogP contribution < -0.4 is 5.32 Å². The highest BCUT2D eigenvalue weighted by atomic mass is 16.3. The zero-order valence-electron chi connectivity index (χ0n) is 11.6. The number of aromatic hydroxyl groups is 1. The van der Waals surface area contributed by atoms with E-state index in [9.17, 15) is 5.11 Å². The van der Waals surface area contributed by atoms with Gasteiger partial charge in [-0.2, -0.15) is 5.10 Å². The lowest BCUT2D eigenvalue weighted by atomic mass is 10.1. The second-order valence-corrected chi connectivity index (χ2v) is 4.84.